The fourth-order valence-corrected chi connectivity index (χ4v) is 2.28. The van der Waals surface area contributed by atoms with E-state index in [-0.39, 0.29) is 12.6 Å². The quantitative estimate of drug-likeness (QED) is 0.929. The zero-order chi connectivity index (χ0) is 13.8. The van der Waals surface area contributed by atoms with Gasteiger partial charge in [0.25, 0.3) is 0 Å². The minimum atomic E-state index is -0.0181. The first-order chi connectivity index (χ1) is 9.13. The second-order valence-corrected chi connectivity index (χ2v) is 4.94. The molecule has 0 saturated heterocycles. The molecule has 100 valence electrons. The first-order valence-corrected chi connectivity index (χ1v) is 6.53. The SMILES string of the molecule is CC(c1cccc(Cl)c1)N(C)c1ccncc1CO. The molecule has 0 amide bonds. The third-order valence-electron chi connectivity index (χ3n) is 3.34. The van der Waals surface area contributed by atoms with Crippen molar-refractivity contribution in [1.82, 2.24) is 4.98 Å². The molecule has 2 rings (SSSR count). The fourth-order valence-electron chi connectivity index (χ4n) is 2.08. The molecular weight excluding hydrogens is 260 g/mol. The van der Waals surface area contributed by atoms with Crippen LogP contribution in [0, 0.1) is 0 Å². The monoisotopic (exact) mass is 276 g/mol. The highest BCUT2D eigenvalue weighted by Crippen LogP contribution is 2.28. The lowest BCUT2D eigenvalue weighted by Crippen LogP contribution is -2.23. The van der Waals surface area contributed by atoms with E-state index in [0.717, 1.165) is 21.8 Å². The Morgan fingerprint density at radius 2 is 2.16 bits per heavy atom. The Morgan fingerprint density at radius 3 is 2.84 bits per heavy atom. The van der Waals surface area contributed by atoms with Gasteiger partial charge in [-0.15, -0.1) is 0 Å². The van der Waals surface area contributed by atoms with Crippen LogP contribution in [0.4, 0.5) is 5.69 Å². The molecule has 1 unspecified atom stereocenters. The topological polar surface area (TPSA) is 36.4 Å². The van der Waals surface area contributed by atoms with Crippen molar-refractivity contribution in [2.75, 3.05) is 11.9 Å². The van der Waals surface area contributed by atoms with Gasteiger partial charge in [-0.3, -0.25) is 4.98 Å². The molecule has 1 atom stereocenters. The first kappa shape index (κ1) is 13.8. The van der Waals surface area contributed by atoms with Gasteiger partial charge in [-0.05, 0) is 30.7 Å². The summed E-state index contributed by atoms with van der Waals surface area (Å²) in [5.41, 5.74) is 2.93. The number of hydrogen-bond donors (Lipinski definition) is 1. The Morgan fingerprint density at radius 1 is 1.37 bits per heavy atom. The van der Waals surface area contributed by atoms with Gasteiger partial charge >= 0.3 is 0 Å². The maximum absolute atomic E-state index is 9.38. The zero-order valence-corrected chi connectivity index (χ0v) is 11.8. The lowest BCUT2D eigenvalue weighted by molar-refractivity contribution is 0.281. The van der Waals surface area contributed by atoms with Crippen LogP contribution in [-0.4, -0.2) is 17.1 Å². The van der Waals surface area contributed by atoms with Crippen molar-refractivity contribution in [2.24, 2.45) is 0 Å². The molecule has 0 aliphatic rings. The predicted molar refractivity (Wildman–Crippen MR) is 78.4 cm³/mol. The second-order valence-electron chi connectivity index (χ2n) is 4.50. The summed E-state index contributed by atoms with van der Waals surface area (Å²) >= 11 is 6.03. The summed E-state index contributed by atoms with van der Waals surface area (Å²) in [7, 11) is 2.00. The van der Waals surface area contributed by atoms with Crippen LogP contribution in [-0.2, 0) is 6.61 Å². The largest absolute Gasteiger partial charge is 0.392 e. The van der Waals surface area contributed by atoms with Crippen molar-refractivity contribution < 1.29 is 5.11 Å². The molecule has 0 aliphatic carbocycles. The van der Waals surface area contributed by atoms with Gasteiger partial charge in [-0.2, -0.15) is 0 Å². The van der Waals surface area contributed by atoms with E-state index >= 15 is 0 Å². The van der Waals surface area contributed by atoms with Gasteiger partial charge in [0.1, 0.15) is 0 Å². The maximum atomic E-state index is 9.38. The van der Waals surface area contributed by atoms with Gasteiger partial charge in [0, 0.05) is 35.7 Å². The van der Waals surface area contributed by atoms with Crippen molar-refractivity contribution in [3.05, 3.63) is 58.9 Å². The molecule has 0 saturated carbocycles. The van der Waals surface area contributed by atoms with Crippen LogP contribution in [0.5, 0.6) is 0 Å². The average Bonchev–Trinajstić information content (AvgIpc) is 2.45. The minimum Gasteiger partial charge on any atom is -0.392 e. The third-order valence-corrected chi connectivity index (χ3v) is 3.58. The molecule has 1 heterocycles. The lowest BCUT2D eigenvalue weighted by atomic mass is 10.1. The third kappa shape index (κ3) is 3.06. The number of rotatable bonds is 4. The summed E-state index contributed by atoms with van der Waals surface area (Å²) in [4.78, 5) is 6.15. The molecule has 1 aromatic carbocycles. The molecular formula is C15H17ClN2O. The van der Waals surface area contributed by atoms with Crippen molar-refractivity contribution in [3.63, 3.8) is 0 Å². The highest BCUT2D eigenvalue weighted by Gasteiger charge is 2.15. The summed E-state index contributed by atoms with van der Waals surface area (Å²) in [5.74, 6) is 0. The van der Waals surface area contributed by atoms with Gasteiger partial charge < -0.3 is 10.0 Å². The Hall–Kier alpha value is -1.58. The number of halogens is 1. The van der Waals surface area contributed by atoms with E-state index in [1.54, 1.807) is 12.4 Å². The van der Waals surface area contributed by atoms with Gasteiger partial charge in [-0.25, -0.2) is 0 Å². The van der Waals surface area contributed by atoms with E-state index in [4.69, 9.17) is 11.6 Å². The molecule has 0 aliphatic heterocycles. The summed E-state index contributed by atoms with van der Waals surface area (Å²) in [6, 6.07) is 9.89. The van der Waals surface area contributed by atoms with E-state index in [0.29, 0.717) is 0 Å². The van der Waals surface area contributed by atoms with E-state index in [1.165, 1.54) is 0 Å². The van der Waals surface area contributed by atoms with Crippen molar-refractivity contribution >= 4 is 17.3 Å². The van der Waals surface area contributed by atoms with E-state index in [9.17, 15) is 5.11 Å². The number of nitrogens with zero attached hydrogens (tertiary/aromatic N) is 2. The van der Waals surface area contributed by atoms with E-state index in [2.05, 4.69) is 16.8 Å². The molecule has 0 bridgehead atoms. The van der Waals surface area contributed by atoms with E-state index < -0.39 is 0 Å². The number of hydrogen-bond acceptors (Lipinski definition) is 3. The van der Waals surface area contributed by atoms with Gasteiger partial charge in [-0.1, -0.05) is 23.7 Å². The Kier molecular flexibility index (Phi) is 4.40. The zero-order valence-electron chi connectivity index (χ0n) is 11.0. The molecule has 0 radical (unpaired) electrons. The highest BCUT2D eigenvalue weighted by molar-refractivity contribution is 6.30. The normalized spacial score (nSPS) is 12.2. The van der Waals surface area contributed by atoms with Crippen LogP contribution < -0.4 is 4.90 Å². The van der Waals surface area contributed by atoms with Crippen LogP contribution in [0.2, 0.25) is 5.02 Å². The van der Waals surface area contributed by atoms with Gasteiger partial charge in [0.2, 0.25) is 0 Å². The number of aliphatic hydroxyl groups is 1. The van der Waals surface area contributed by atoms with Crippen LogP contribution >= 0.6 is 11.6 Å². The fraction of sp³-hybridized carbons (Fsp3) is 0.267. The number of aliphatic hydroxyl groups excluding tert-OH is 1. The lowest BCUT2D eigenvalue weighted by Gasteiger charge is -2.29. The molecule has 0 spiro atoms. The number of anilines is 1. The van der Waals surface area contributed by atoms with Crippen LogP contribution in [0.25, 0.3) is 0 Å². The Labute approximate surface area is 118 Å². The van der Waals surface area contributed by atoms with Crippen LogP contribution in [0.3, 0.4) is 0 Å². The number of benzene rings is 1. The first-order valence-electron chi connectivity index (χ1n) is 6.15. The molecule has 1 N–H and O–H groups in total. The average molecular weight is 277 g/mol. The Balaban J connectivity index is 2.30. The summed E-state index contributed by atoms with van der Waals surface area (Å²) in [5, 5.41) is 10.1. The van der Waals surface area contributed by atoms with Gasteiger partial charge in [0.15, 0.2) is 0 Å². The van der Waals surface area contributed by atoms with Crippen LogP contribution in [0.1, 0.15) is 24.1 Å². The highest BCUT2D eigenvalue weighted by atomic mass is 35.5. The molecule has 4 heteroatoms. The molecule has 3 nitrogen and oxygen atoms in total. The molecule has 2 aromatic rings. The number of aromatic nitrogens is 1. The summed E-state index contributed by atoms with van der Waals surface area (Å²) in [6.45, 7) is 2.09. The molecule has 1 aromatic heterocycles. The van der Waals surface area contributed by atoms with Crippen LogP contribution in [0.15, 0.2) is 42.7 Å². The minimum absolute atomic E-state index is 0.0181. The molecule has 19 heavy (non-hydrogen) atoms. The Bertz CT molecular complexity index is 559. The standard InChI is InChI=1S/C15H17ClN2O/c1-11(12-4-3-5-14(16)8-12)18(2)15-6-7-17-9-13(15)10-19/h3-9,11,19H,10H2,1-2H3. The summed E-state index contributed by atoms with van der Waals surface area (Å²) in [6.07, 6.45) is 3.42. The smallest absolute Gasteiger partial charge is 0.0717 e. The van der Waals surface area contributed by atoms with Crippen molar-refractivity contribution in [3.8, 4) is 0 Å². The van der Waals surface area contributed by atoms with Crippen molar-refractivity contribution in [1.29, 1.82) is 0 Å². The summed E-state index contributed by atoms with van der Waals surface area (Å²) < 4.78 is 0. The maximum Gasteiger partial charge on any atom is 0.0717 e. The molecule has 0 fully saturated rings. The second kappa shape index (κ2) is 6.04. The number of pyridine rings is 1. The predicted octanol–water partition coefficient (Wildman–Crippen LogP) is 3.42. The van der Waals surface area contributed by atoms with Crippen molar-refractivity contribution in [2.45, 2.75) is 19.6 Å². The van der Waals surface area contributed by atoms with Gasteiger partial charge in [0.05, 0.1) is 12.6 Å². The van der Waals surface area contributed by atoms with E-state index in [1.807, 2.05) is 37.4 Å².